The van der Waals surface area contributed by atoms with Gasteiger partial charge in [0, 0.05) is 48.4 Å². The van der Waals surface area contributed by atoms with Gasteiger partial charge in [0.25, 0.3) is 0 Å². The van der Waals surface area contributed by atoms with E-state index in [4.69, 9.17) is 9.72 Å². The minimum atomic E-state index is 0.401. The molecule has 0 spiro atoms. The van der Waals surface area contributed by atoms with Gasteiger partial charge in [0.1, 0.15) is 5.65 Å². The lowest BCUT2D eigenvalue weighted by Gasteiger charge is -2.28. The first-order chi connectivity index (χ1) is 14.3. The van der Waals surface area contributed by atoms with Crippen LogP contribution in [0, 0.1) is 0 Å². The van der Waals surface area contributed by atoms with E-state index >= 15 is 0 Å². The Labute approximate surface area is 169 Å². The van der Waals surface area contributed by atoms with Gasteiger partial charge in [-0.25, -0.2) is 4.98 Å². The average molecular weight is 388 g/mol. The fraction of sp³-hybridized carbons (Fsp3) is 0.364. The Bertz CT molecular complexity index is 1130. The maximum atomic E-state index is 5.74. The van der Waals surface area contributed by atoms with Gasteiger partial charge in [-0.1, -0.05) is 6.07 Å². The van der Waals surface area contributed by atoms with Crippen molar-refractivity contribution in [2.24, 2.45) is 0 Å². The smallest absolute Gasteiger partial charge is 0.224 e. The first kappa shape index (κ1) is 18.0. The van der Waals surface area contributed by atoms with Crippen LogP contribution in [0.1, 0.15) is 32.6 Å². The number of nitrogens with one attached hydrogen (secondary N) is 2. The molecule has 3 aromatic heterocycles. The maximum Gasteiger partial charge on any atom is 0.224 e. The van der Waals surface area contributed by atoms with Crippen LogP contribution in [-0.4, -0.2) is 43.7 Å². The second-order valence-corrected chi connectivity index (χ2v) is 7.49. The van der Waals surface area contributed by atoms with Gasteiger partial charge in [-0.15, -0.1) is 0 Å². The van der Waals surface area contributed by atoms with Crippen LogP contribution in [0.4, 0.5) is 5.95 Å². The second kappa shape index (κ2) is 7.75. The van der Waals surface area contributed by atoms with Gasteiger partial charge in [0.2, 0.25) is 5.95 Å². The molecule has 148 valence electrons. The van der Waals surface area contributed by atoms with E-state index < -0.39 is 0 Å². The summed E-state index contributed by atoms with van der Waals surface area (Å²) in [5.74, 6) is 0.676. The van der Waals surface area contributed by atoms with Crippen molar-refractivity contribution in [3.05, 3.63) is 43.0 Å². The van der Waals surface area contributed by atoms with Crippen LogP contribution < -0.4 is 5.32 Å². The summed E-state index contributed by atoms with van der Waals surface area (Å²) < 4.78 is 5.74. The monoisotopic (exact) mass is 388 g/mol. The van der Waals surface area contributed by atoms with Crippen LogP contribution in [0.15, 0.2) is 43.0 Å². The fourth-order valence-electron chi connectivity index (χ4n) is 4.14. The molecular formula is C22H24N6O. The molecule has 0 atom stereocenters. The van der Waals surface area contributed by atoms with Crippen molar-refractivity contribution in [3.63, 3.8) is 0 Å². The summed E-state index contributed by atoms with van der Waals surface area (Å²) in [5.41, 5.74) is 4.73. The molecule has 3 heterocycles. The molecule has 7 nitrogen and oxygen atoms in total. The van der Waals surface area contributed by atoms with E-state index in [1.807, 2.05) is 24.5 Å². The summed E-state index contributed by atoms with van der Waals surface area (Å²) in [4.78, 5) is 21.3. The highest BCUT2D eigenvalue weighted by Gasteiger charge is 2.22. The highest BCUT2D eigenvalue weighted by atomic mass is 16.5. The summed E-state index contributed by atoms with van der Waals surface area (Å²) in [6, 6.07) is 6.50. The van der Waals surface area contributed by atoms with E-state index in [1.165, 1.54) is 0 Å². The molecule has 4 aromatic rings. The Morgan fingerprint density at radius 2 is 1.90 bits per heavy atom. The van der Waals surface area contributed by atoms with Crippen molar-refractivity contribution in [2.45, 2.75) is 44.8 Å². The molecule has 1 aliphatic carbocycles. The number of ether oxygens (including phenoxy) is 1. The summed E-state index contributed by atoms with van der Waals surface area (Å²) >= 11 is 0. The molecule has 1 fully saturated rings. The number of aromatic nitrogens is 5. The fourth-order valence-corrected chi connectivity index (χ4v) is 4.14. The lowest BCUT2D eigenvalue weighted by atomic mass is 9.93. The standard InChI is InChI=1S/C22H24N6O/c1-2-29-16-6-4-15(5-7-16)27-22-26-13-18-17(12-25-21(18)28-22)14-3-8-19-20(11-14)24-10-9-23-19/h3,8-13,15-16H,2,4-7H2,1H3,(H2,25,26,27,28)/t15-,16+. The summed E-state index contributed by atoms with van der Waals surface area (Å²) in [5, 5.41) is 4.49. The number of H-pyrrole nitrogens is 1. The molecule has 0 saturated heterocycles. The van der Waals surface area contributed by atoms with E-state index in [2.05, 4.69) is 38.2 Å². The molecule has 5 rings (SSSR count). The largest absolute Gasteiger partial charge is 0.379 e. The van der Waals surface area contributed by atoms with Crippen molar-refractivity contribution in [1.82, 2.24) is 24.9 Å². The normalized spacial score (nSPS) is 19.6. The highest BCUT2D eigenvalue weighted by Crippen LogP contribution is 2.30. The third-order valence-corrected chi connectivity index (χ3v) is 5.62. The van der Waals surface area contributed by atoms with Crippen LogP contribution in [-0.2, 0) is 4.74 Å². The Hall–Kier alpha value is -3.06. The third kappa shape index (κ3) is 3.65. The number of aromatic amines is 1. The van der Waals surface area contributed by atoms with Crippen molar-refractivity contribution in [2.75, 3.05) is 11.9 Å². The molecule has 1 aromatic carbocycles. The minimum Gasteiger partial charge on any atom is -0.379 e. The van der Waals surface area contributed by atoms with Gasteiger partial charge in [0.15, 0.2) is 0 Å². The second-order valence-electron chi connectivity index (χ2n) is 7.49. The SMILES string of the molecule is CCO[C@H]1CC[C@@H](Nc2ncc3c(-c4ccc5nccnc5c4)c[nH]c3n2)CC1. The average Bonchev–Trinajstić information content (AvgIpc) is 3.18. The lowest BCUT2D eigenvalue weighted by molar-refractivity contribution is 0.0346. The molecular weight excluding hydrogens is 364 g/mol. The van der Waals surface area contributed by atoms with Crippen LogP contribution in [0.25, 0.3) is 33.2 Å². The first-order valence-electron chi connectivity index (χ1n) is 10.2. The Morgan fingerprint density at radius 3 is 2.72 bits per heavy atom. The molecule has 0 amide bonds. The minimum absolute atomic E-state index is 0.401. The molecule has 0 bridgehead atoms. The predicted octanol–water partition coefficient (Wildman–Crippen LogP) is 4.33. The van der Waals surface area contributed by atoms with E-state index in [0.717, 1.165) is 65.5 Å². The molecule has 0 aliphatic heterocycles. The number of fused-ring (bicyclic) bond motifs is 2. The summed E-state index contributed by atoms with van der Waals surface area (Å²) in [6.07, 6.45) is 12.0. The van der Waals surface area contributed by atoms with Gasteiger partial charge >= 0.3 is 0 Å². The Morgan fingerprint density at radius 1 is 1.07 bits per heavy atom. The number of hydrogen-bond acceptors (Lipinski definition) is 6. The van der Waals surface area contributed by atoms with E-state index in [-0.39, 0.29) is 0 Å². The Kier molecular flexibility index (Phi) is 4.81. The van der Waals surface area contributed by atoms with Crippen molar-refractivity contribution in [3.8, 4) is 11.1 Å². The van der Waals surface area contributed by atoms with Gasteiger partial charge in [-0.2, -0.15) is 4.98 Å². The van der Waals surface area contributed by atoms with Crippen molar-refractivity contribution in [1.29, 1.82) is 0 Å². The number of hydrogen-bond donors (Lipinski definition) is 2. The molecule has 1 aliphatic rings. The summed E-state index contributed by atoms with van der Waals surface area (Å²) in [6.45, 7) is 2.85. The van der Waals surface area contributed by atoms with E-state index in [1.54, 1.807) is 12.4 Å². The number of anilines is 1. The van der Waals surface area contributed by atoms with Gasteiger partial charge in [-0.3, -0.25) is 9.97 Å². The van der Waals surface area contributed by atoms with Gasteiger partial charge in [-0.05, 0) is 50.3 Å². The zero-order chi connectivity index (χ0) is 19.6. The van der Waals surface area contributed by atoms with Gasteiger partial charge < -0.3 is 15.0 Å². The Balaban J connectivity index is 1.36. The zero-order valence-electron chi connectivity index (χ0n) is 16.4. The highest BCUT2D eigenvalue weighted by molar-refractivity contribution is 5.95. The zero-order valence-corrected chi connectivity index (χ0v) is 16.4. The number of nitrogens with zero attached hydrogens (tertiary/aromatic N) is 4. The predicted molar refractivity (Wildman–Crippen MR) is 114 cm³/mol. The molecule has 29 heavy (non-hydrogen) atoms. The first-order valence-corrected chi connectivity index (χ1v) is 10.2. The van der Waals surface area contributed by atoms with Crippen LogP contribution in [0.2, 0.25) is 0 Å². The quantitative estimate of drug-likeness (QED) is 0.529. The lowest BCUT2D eigenvalue weighted by Crippen LogP contribution is -2.30. The molecule has 0 radical (unpaired) electrons. The van der Waals surface area contributed by atoms with Crippen molar-refractivity contribution >= 4 is 28.0 Å². The number of rotatable bonds is 5. The molecule has 1 saturated carbocycles. The molecule has 2 N–H and O–H groups in total. The van der Waals surface area contributed by atoms with Crippen LogP contribution in [0.5, 0.6) is 0 Å². The van der Waals surface area contributed by atoms with Crippen LogP contribution >= 0.6 is 0 Å². The number of benzene rings is 1. The van der Waals surface area contributed by atoms with Crippen molar-refractivity contribution < 1.29 is 4.74 Å². The topological polar surface area (TPSA) is 88.6 Å². The summed E-state index contributed by atoms with van der Waals surface area (Å²) in [7, 11) is 0. The third-order valence-electron chi connectivity index (χ3n) is 5.62. The van der Waals surface area contributed by atoms with E-state index in [9.17, 15) is 0 Å². The van der Waals surface area contributed by atoms with Crippen LogP contribution in [0.3, 0.4) is 0 Å². The van der Waals surface area contributed by atoms with E-state index in [0.29, 0.717) is 18.1 Å². The molecule has 0 unspecified atom stereocenters. The van der Waals surface area contributed by atoms with Gasteiger partial charge in [0.05, 0.1) is 17.1 Å². The molecule has 7 heteroatoms. The maximum absolute atomic E-state index is 5.74.